The van der Waals surface area contributed by atoms with Crippen LogP contribution >= 0.6 is 0 Å². The highest BCUT2D eigenvalue weighted by molar-refractivity contribution is 7.89. The fourth-order valence-corrected chi connectivity index (χ4v) is 3.89. The Labute approximate surface area is 202 Å². The van der Waals surface area contributed by atoms with Crippen LogP contribution in [0.25, 0.3) is 16.9 Å². The first-order valence-corrected chi connectivity index (χ1v) is 11.4. The second kappa shape index (κ2) is 8.81. The van der Waals surface area contributed by atoms with Gasteiger partial charge in [0, 0.05) is 11.3 Å². The normalized spacial score (nSPS) is 12.6. The number of alkyl halides is 6. The van der Waals surface area contributed by atoms with Crippen LogP contribution < -0.4 is 10.5 Å². The zero-order chi connectivity index (χ0) is 27.3. The van der Waals surface area contributed by atoms with Gasteiger partial charge in [0.05, 0.1) is 22.3 Å². The summed E-state index contributed by atoms with van der Waals surface area (Å²) in [4.78, 5) is 16.4. The van der Waals surface area contributed by atoms with Crippen molar-refractivity contribution in [3.8, 4) is 11.3 Å². The Bertz CT molecular complexity index is 1650. The van der Waals surface area contributed by atoms with Crippen molar-refractivity contribution in [1.29, 1.82) is 0 Å². The minimum Gasteiger partial charge on any atom is -0.322 e. The molecule has 0 aliphatic rings. The third kappa shape index (κ3) is 5.24. The molecule has 2 heterocycles. The number of sulfonamides is 1. The Hall–Kier alpha value is -4.05. The molecule has 0 unspecified atom stereocenters. The molecule has 1 amide bonds. The Kier molecular flexibility index (Phi) is 6.19. The van der Waals surface area contributed by atoms with Crippen LogP contribution in [0.15, 0.2) is 59.6 Å². The van der Waals surface area contributed by atoms with Gasteiger partial charge in [-0.15, -0.1) is 0 Å². The number of carbonyl (C=O) groups excluding carboxylic acids is 1. The Morgan fingerprint density at radius 1 is 0.973 bits per heavy atom. The predicted octanol–water partition coefficient (Wildman–Crippen LogP) is 4.47. The first-order valence-electron chi connectivity index (χ1n) is 9.83. The van der Waals surface area contributed by atoms with E-state index in [0.29, 0.717) is 22.7 Å². The van der Waals surface area contributed by atoms with Gasteiger partial charge in [-0.25, -0.2) is 27.4 Å². The maximum atomic E-state index is 14.1. The van der Waals surface area contributed by atoms with Crippen molar-refractivity contribution < 1.29 is 43.9 Å². The number of rotatable bonds is 4. The molecule has 3 N–H and O–H groups in total. The van der Waals surface area contributed by atoms with Crippen LogP contribution in [0.1, 0.15) is 21.6 Å². The molecule has 2 aromatic carbocycles. The van der Waals surface area contributed by atoms with Crippen molar-refractivity contribution in [3.05, 3.63) is 77.4 Å². The molecule has 0 aliphatic heterocycles. The number of nitrogens with two attached hydrogens (primary N) is 1. The van der Waals surface area contributed by atoms with Gasteiger partial charge >= 0.3 is 12.4 Å². The van der Waals surface area contributed by atoms with Crippen molar-refractivity contribution in [1.82, 2.24) is 14.6 Å². The molecule has 194 valence electrons. The fourth-order valence-electron chi connectivity index (χ4n) is 3.33. The van der Waals surface area contributed by atoms with E-state index in [1.165, 1.54) is 12.1 Å². The second-order valence-electron chi connectivity index (χ2n) is 7.54. The molecule has 0 saturated carbocycles. The van der Waals surface area contributed by atoms with E-state index >= 15 is 0 Å². The number of halogens is 7. The highest BCUT2D eigenvalue weighted by atomic mass is 32.2. The lowest BCUT2D eigenvalue weighted by Crippen LogP contribution is -2.16. The van der Waals surface area contributed by atoms with E-state index in [4.69, 9.17) is 5.14 Å². The average molecular weight is 547 g/mol. The van der Waals surface area contributed by atoms with E-state index in [-0.39, 0.29) is 10.6 Å². The molecule has 0 bridgehead atoms. The summed E-state index contributed by atoms with van der Waals surface area (Å²) in [6.45, 7) is 0. The number of aromatic nitrogens is 3. The smallest absolute Gasteiger partial charge is 0.322 e. The van der Waals surface area contributed by atoms with Gasteiger partial charge in [-0.1, -0.05) is 12.1 Å². The zero-order valence-electron chi connectivity index (χ0n) is 17.9. The average Bonchev–Trinajstić information content (AvgIpc) is 3.20. The lowest BCUT2D eigenvalue weighted by Gasteiger charge is -2.13. The van der Waals surface area contributed by atoms with Crippen molar-refractivity contribution in [3.63, 3.8) is 0 Å². The molecule has 37 heavy (non-hydrogen) atoms. The van der Waals surface area contributed by atoms with E-state index in [9.17, 15) is 43.9 Å². The SMILES string of the molecule is NS(=O)(=O)c1cccc(NC(=O)c2cnn3c(C(F)(F)F)cc(-c4ccc(C(F)(F)F)c(F)c4)nc23)c1. The predicted molar refractivity (Wildman–Crippen MR) is 114 cm³/mol. The first-order chi connectivity index (χ1) is 17.1. The fraction of sp³-hybridized carbons (Fsp3) is 0.0952. The molecule has 0 saturated heterocycles. The quantitative estimate of drug-likeness (QED) is 0.366. The first kappa shape index (κ1) is 26.0. The van der Waals surface area contributed by atoms with Gasteiger partial charge in [0.25, 0.3) is 5.91 Å². The van der Waals surface area contributed by atoms with Crippen LogP contribution in [0.2, 0.25) is 0 Å². The summed E-state index contributed by atoms with van der Waals surface area (Å²) in [7, 11) is -4.13. The number of amides is 1. The van der Waals surface area contributed by atoms with Crippen LogP contribution in [0.3, 0.4) is 0 Å². The second-order valence-corrected chi connectivity index (χ2v) is 9.10. The molecule has 0 aliphatic carbocycles. The number of fused-ring (bicyclic) bond motifs is 1. The number of hydrogen-bond acceptors (Lipinski definition) is 5. The Morgan fingerprint density at radius 3 is 2.27 bits per heavy atom. The largest absolute Gasteiger partial charge is 0.433 e. The molecule has 0 fully saturated rings. The summed E-state index contributed by atoms with van der Waals surface area (Å²) in [5, 5.41) is 10.9. The van der Waals surface area contributed by atoms with Crippen LogP contribution in [0.5, 0.6) is 0 Å². The van der Waals surface area contributed by atoms with Gasteiger partial charge < -0.3 is 5.32 Å². The molecule has 0 atom stereocenters. The van der Waals surface area contributed by atoms with Gasteiger partial charge in [0.2, 0.25) is 10.0 Å². The highest BCUT2D eigenvalue weighted by Gasteiger charge is 2.37. The minimum atomic E-state index is -5.05. The molecule has 4 rings (SSSR count). The van der Waals surface area contributed by atoms with Gasteiger partial charge in [-0.3, -0.25) is 4.79 Å². The summed E-state index contributed by atoms with van der Waals surface area (Å²) < 4.78 is 117. The molecule has 2 aromatic heterocycles. The van der Waals surface area contributed by atoms with Gasteiger partial charge in [0.15, 0.2) is 11.3 Å². The summed E-state index contributed by atoms with van der Waals surface area (Å²) in [5.74, 6) is -2.78. The number of anilines is 1. The topological polar surface area (TPSA) is 119 Å². The van der Waals surface area contributed by atoms with E-state index in [2.05, 4.69) is 15.4 Å². The Morgan fingerprint density at radius 2 is 1.68 bits per heavy atom. The van der Waals surface area contributed by atoms with E-state index in [1.807, 2.05) is 0 Å². The molecular formula is C21H12F7N5O3S. The lowest BCUT2D eigenvalue weighted by molar-refractivity contribution is -0.142. The molecule has 8 nitrogen and oxygen atoms in total. The third-order valence-corrected chi connectivity index (χ3v) is 5.91. The molecule has 4 aromatic rings. The molecule has 0 spiro atoms. The van der Waals surface area contributed by atoms with Crippen molar-refractivity contribution in [2.45, 2.75) is 17.2 Å². The van der Waals surface area contributed by atoms with Crippen LogP contribution in [0.4, 0.5) is 36.4 Å². The number of benzene rings is 2. The van der Waals surface area contributed by atoms with Gasteiger partial charge in [-0.05, 0) is 36.4 Å². The molecular weight excluding hydrogens is 535 g/mol. The third-order valence-electron chi connectivity index (χ3n) is 5.00. The molecule has 16 heteroatoms. The van der Waals surface area contributed by atoms with Gasteiger partial charge in [0.1, 0.15) is 11.4 Å². The number of nitrogens with zero attached hydrogens (tertiary/aromatic N) is 3. The Balaban J connectivity index is 1.82. The summed E-state index contributed by atoms with van der Waals surface area (Å²) >= 11 is 0. The number of hydrogen-bond donors (Lipinski definition) is 2. The summed E-state index contributed by atoms with van der Waals surface area (Å²) in [5.41, 5.74) is -5.30. The van der Waals surface area contributed by atoms with Crippen molar-refractivity contribution in [2.75, 3.05) is 5.32 Å². The minimum absolute atomic E-state index is 0.0760. The van der Waals surface area contributed by atoms with Crippen molar-refractivity contribution in [2.24, 2.45) is 5.14 Å². The van der Waals surface area contributed by atoms with Crippen molar-refractivity contribution >= 4 is 27.3 Å². The summed E-state index contributed by atoms with van der Waals surface area (Å²) in [6, 6.07) is 6.59. The van der Waals surface area contributed by atoms with Crippen LogP contribution in [-0.4, -0.2) is 28.9 Å². The highest BCUT2D eigenvalue weighted by Crippen LogP contribution is 2.36. The van der Waals surface area contributed by atoms with Gasteiger partial charge in [-0.2, -0.15) is 31.4 Å². The van der Waals surface area contributed by atoms with Crippen LogP contribution in [0, 0.1) is 5.82 Å². The number of nitrogens with one attached hydrogen (secondary N) is 1. The standard InChI is InChI=1S/C21H12F7N5O3S/c22-15-6-10(4-5-14(15)20(23,24)25)16-8-17(21(26,27)28)33-18(32-16)13(9-30-33)19(34)31-11-2-1-3-12(7-11)37(29,35)36/h1-9H,(H,31,34)(H2,29,35,36). The van der Waals surface area contributed by atoms with E-state index in [1.54, 1.807) is 0 Å². The zero-order valence-corrected chi connectivity index (χ0v) is 18.7. The number of carbonyl (C=O) groups is 1. The maximum absolute atomic E-state index is 14.1. The van der Waals surface area contributed by atoms with E-state index in [0.717, 1.165) is 24.4 Å². The van der Waals surface area contributed by atoms with E-state index < -0.39 is 67.8 Å². The monoisotopic (exact) mass is 547 g/mol. The number of primary sulfonamides is 1. The summed E-state index contributed by atoms with van der Waals surface area (Å²) in [6.07, 6.45) is -9.33. The maximum Gasteiger partial charge on any atom is 0.433 e. The van der Waals surface area contributed by atoms with Crippen LogP contribution in [-0.2, 0) is 22.4 Å². The molecule has 0 radical (unpaired) electrons. The lowest BCUT2D eigenvalue weighted by atomic mass is 10.1.